The Morgan fingerprint density at radius 1 is 1.47 bits per heavy atom. The average molecular weight is 243 g/mol. The fraction of sp³-hybridized carbons (Fsp3) is 0.818. The molecule has 1 atom stereocenters. The van der Waals surface area contributed by atoms with Gasteiger partial charge >= 0.3 is 0 Å². The Labute approximate surface area is 101 Å². The van der Waals surface area contributed by atoms with Crippen molar-refractivity contribution in [1.82, 2.24) is 10.1 Å². The number of nitrogens with zero attached hydrogens (tertiary/aromatic N) is 2. The normalized spacial score (nSPS) is 13.9. The second-order valence-corrected chi connectivity index (χ2v) is 4.25. The molecule has 0 saturated carbocycles. The Morgan fingerprint density at radius 2 is 2.18 bits per heavy atom. The monoisotopic (exact) mass is 243 g/mol. The molecule has 17 heavy (non-hydrogen) atoms. The highest BCUT2D eigenvalue weighted by atomic mass is 16.5. The van der Waals surface area contributed by atoms with Crippen molar-refractivity contribution in [2.75, 3.05) is 20.3 Å². The molecule has 1 unspecified atom stereocenters. The molecular weight excluding hydrogens is 222 g/mol. The number of hydrogen-bond donors (Lipinski definition) is 1. The smallest absolute Gasteiger partial charge is 0.229 e. The summed E-state index contributed by atoms with van der Waals surface area (Å²) in [6, 6.07) is 0. The first-order valence-electron chi connectivity index (χ1n) is 5.73. The largest absolute Gasteiger partial charge is 0.380 e. The van der Waals surface area contributed by atoms with Crippen LogP contribution in [-0.2, 0) is 21.5 Å². The molecule has 0 spiro atoms. The van der Waals surface area contributed by atoms with Gasteiger partial charge < -0.3 is 19.7 Å². The van der Waals surface area contributed by atoms with E-state index in [1.165, 1.54) is 0 Å². The molecule has 6 nitrogen and oxygen atoms in total. The summed E-state index contributed by atoms with van der Waals surface area (Å²) in [6.45, 7) is 6.76. The first-order chi connectivity index (χ1) is 8.03. The molecule has 0 radical (unpaired) electrons. The molecule has 1 aromatic heterocycles. The Bertz CT molecular complexity index is 334. The summed E-state index contributed by atoms with van der Waals surface area (Å²) in [7, 11) is 1.61. The van der Waals surface area contributed by atoms with Crippen LogP contribution in [0.1, 0.15) is 32.5 Å². The highest BCUT2D eigenvalue weighted by molar-refractivity contribution is 4.98. The SMILES string of the molecule is CCOC(C)(C)c1noc(CC(CN)OC)n1. The first kappa shape index (κ1) is 14.1. The number of methoxy groups -OCH3 is 1. The summed E-state index contributed by atoms with van der Waals surface area (Å²) < 4.78 is 15.9. The van der Waals surface area contributed by atoms with Gasteiger partial charge in [-0.15, -0.1) is 0 Å². The number of ether oxygens (including phenoxy) is 2. The van der Waals surface area contributed by atoms with Crippen LogP contribution < -0.4 is 5.73 Å². The highest BCUT2D eigenvalue weighted by Crippen LogP contribution is 2.21. The van der Waals surface area contributed by atoms with E-state index in [2.05, 4.69) is 10.1 Å². The van der Waals surface area contributed by atoms with Gasteiger partial charge in [0.15, 0.2) is 0 Å². The van der Waals surface area contributed by atoms with E-state index in [1.54, 1.807) is 7.11 Å². The zero-order valence-corrected chi connectivity index (χ0v) is 10.9. The minimum atomic E-state index is -0.540. The second kappa shape index (κ2) is 6.09. The van der Waals surface area contributed by atoms with Crippen molar-refractivity contribution < 1.29 is 14.0 Å². The number of aromatic nitrogens is 2. The van der Waals surface area contributed by atoms with Crippen molar-refractivity contribution in [3.05, 3.63) is 11.7 Å². The molecule has 1 rings (SSSR count). The van der Waals surface area contributed by atoms with Gasteiger partial charge in [-0.3, -0.25) is 0 Å². The van der Waals surface area contributed by atoms with E-state index in [-0.39, 0.29) is 6.10 Å². The van der Waals surface area contributed by atoms with Crippen LogP contribution >= 0.6 is 0 Å². The van der Waals surface area contributed by atoms with Crippen LogP contribution in [0.4, 0.5) is 0 Å². The maximum Gasteiger partial charge on any atom is 0.229 e. The molecule has 0 fully saturated rings. The van der Waals surface area contributed by atoms with Crippen LogP contribution in [0.5, 0.6) is 0 Å². The summed E-state index contributed by atoms with van der Waals surface area (Å²) >= 11 is 0. The van der Waals surface area contributed by atoms with Crippen molar-refractivity contribution in [2.45, 2.75) is 38.9 Å². The van der Waals surface area contributed by atoms with Crippen molar-refractivity contribution in [3.8, 4) is 0 Å². The Morgan fingerprint density at radius 3 is 2.71 bits per heavy atom. The lowest BCUT2D eigenvalue weighted by Crippen LogP contribution is -2.25. The van der Waals surface area contributed by atoms with Crippen LogP contribution in [0.3, 0.4) is 0 Å². The van der Waals surface area contributed by atoms with E-state index >= 15 is 0 Å². The van der Waals surface area contributed by atoms with Gasteiger partial charge in [-0.1, -0.05) is 5.16 Å². The van der Waals surface area contributed by atoms with Gasteiger partial charge in [-0.2, -0.15) is 4.98 Å². The van der Waals surface area contributed by atoms with Crippen LogP contribution in [0.25, 0.3) is 0 Å². The molecular formula is C11H21N3O3. The fourth-order valence-corrected chi connectivity index (χ4v) is 1.47. The topological polar surface area (TPSA) is 83.4 Å². The number of hydrogen-bond acceptors (Lipinski definition) is 6. The maximum atomic E-state index is 5.55. The summed E-state index contributed by atoms with van der Waals surface area (Å²) in [6.07, 6.45) is 0.417. The van der Waals surface area contributed by atoms with E-state index in [0.29, 0.717) is 31.3 Å². The molecule has 0 aliphatic carbocycles. The number of nitrogens with two attached hydrogens (primary N) is 1. The first-order valence-corrected chi connectivity index (χ1v) is 5.73. The van der Waals surface area contributed by atoms with Crippen LogP contribution in [0.15, 0.2) is 4.52 Å². The Hall–Kier alpha value is -0.980. The van der Waals surface area contributed by atoms with Crippen LogP contribution in [-0.4, -0.2) is 36.5 Å². The molecule has 0 aliphatic rings. The van der Waals surface area contributed by atoms with Crippen LogP contribution in [0.2, 0.25) is 0 Å². The fourth-order valence-electron chi connectivity index (χ4n) is 1.47. The highest BCUT2D eigenvalue weighted by Gasteiger charge is 2.27. The maximum absolute atomic E-state index is 5.55. The summed E-state index contributed by atoms with van der Waals surface area (Å²) in [5.74, 6) is 1.06. The van der Waals surface area contributed by atoms with Crippen molar-refractivity contribution in [1.29, 1.82) is 0 Å². The summed E-state index contributed by atoms with van der Waals surface area (Å²) in [5.41, 5.74) is 4.99. The Kier molecular flexibility index (Phi) is 5.04. The third-order valence-electron chi connectivity index (χ3n) is 2.51. The van der Waals surface area contributed by atoms with E-state index in [9.17, 15) is 0 Å². The zero-order valence-electron chi connectivity index (χ0n) is 10.9. The van der Waals surface area contributed by atoms with E-state index < -0.39 is 5.60 Å². The molecule has 0 bridgehead atoms. The quantitative estimate of drug-likeness (QED) is 0.764. The molecule has 2 N–H and O–H groups in total. The second-order valence-electron chi connectivity index (χ2n) is 4.25. The molecule has 1 aromatic rings. The molecule has 0 aliphatic heterocycles. The lowest BCUT2D eigenvalue weighted by molar-refractivity contribution is -0.0221. The minimum Gasteiger partial charge on any atom is -0.380 e. The van der Waals surface area contributed by atoms with Gasteiger partial charge in [0.25, 0.3) is 0 Å². The standard InChI is InChI=1S/C11H21N3O3/c1-5-16-11(2,3)10-13-9(17-14-10)6-8(7-12)15-4/h8H,5-7,12H2,1-4H3. The van der Waals surface area contributed by atoms with Gasteiger partial charge in [-0.25, -0.2) is 0 Å². The predicted molar refractivity (Wildman–Crippen MR) is 62.5 cm³/mol. The third-order valence-corrected chi connectivity index (χ3v) is 2.51. The van der Waals surface area contributed by atoms with Gasteiger partial charge in [0.05, 0.1) is 12.5 Å². The molecule has 6 heteroatoms. The summed E-state index contributed by atoms with van der Waals surface area (Å²) in [5, 5.41) is 3.92. The molecule has 0 amide bonds. The van der Waals surface area contributed by atoms with Gasteiger partial charge in [-0.05, 0) is 20.8 Å². The lowest BCUT2D eigenvalue weighted by Gasteiger charge is -2.19. The molecule has 0 aromatic carbocycles. The van der Waals surface area contributed by atoms with Gasteiger partial charge in [0.2, 0.25) is 11.7 Å². The minimum absolute atomic E-state index is 0.0986. The number of rotatable bonds is 7. The van der Waals surface area contributed by atoms with Gasteiger partial charge in [0, 0.05) is 20.3 Å². The van der Waals surface area contributed by atoms with Crippen molar-refractivity contribution in [2.24, 2.45) is 5.73 Å². The van der Waals surface area contributed by atoms with Crippen LogP contribution in [0, 0.1) is 0 Å². The Balaban J connectivity index is 2.70. The molecule has 98 valence electrons. The van der Waals surface area contributed by atoms with E-state index in [0.717, 1.165) is 0 Å². The van der Waals surface area contributed by atoms with Crippen molar-refractivity contribution >= 4 is 0 Å². The average Bonchev–Trinajstić information content (AvgIpc) is 2.75. The zero-order chi connectivity index (χ0) is 12.9. The van der Waals surface area contributed by atoms with Gasteiger partial charge in [0.1, 0.15) is 5.60 Å². The van der Waals surface area contributed by atoms with E-state index in [4.69, 9.17) is 19.7 Å². The van der Waals surface area contributed by atoms with Crippen molar-refractivity contribution in [3.63, 3.8) is 0 Å². The lowest BCUT2D eigenvalue weighted by atomic mass is 10.1. The molecule has 0 saturated heterocycles. The third kappa shape index (κ3) is 3.76. The predicted octanol–water partition coefficient (Wildman–Crippen LogP) is 0.857. The summed E-state index contributed by atoms with van der Waals surface area (Å²) in [4.78, 5) is 4.30. The molecule has 1 heterocycles. The van der Waals surface area contributed by atoms with E-state index in [1.807, 2.05) is 20.8 Å².